The topological polar surface area (TPSA) is 75.9 Å². The van der Waals surface area contributed by atoms with Crippen molar-refractivity contribution in [3.63, 3.8) is 0 Å². The highest BCUT2D eigenvalue weighted by atomic mass is 32.2. The number of hydrogen-bond donors (Lipinski definition) is 1. The maximum Gasteiger partial charge on any atom is 0.236 e. The van der Waals surface area contributed by atoms with Gasteiger partial charge < -0.3 is 10.2 Å². The number of carbonyl (C=O) groups is 1. The minimum absolute atomic E-state index is 0.139. The molecule has 29 heavy (non-hydrogen) atoms. The number of nitrogens with zero attached hydrogens (tertiary/aromatic N) is 5. The van der Waals surface area contributed by atoms with Crippen LogP contribution in [0.3, 0.4) is 0 Å². The SMILES string of the molecule is O=C(CSc1nnc2n1CCN2c1ccc(F)cc1)Nc1nc2ccccc2s1. The molecule has 0 saturated heterocycles. The average molecular weight is 427 g/mol. The Morgan fingerprint density at radius 1 is 1.14 bits per heavy atom. The van der Waals surface area contributed by atoms with Crippen LogP contribution in [0.25, 0.3) is 10.2 Å². The molecular weight excluding hydrogens is 411 g/mol. The average Bonchev–Trinajstić information content (AvgIpc) is 3.41. The fraction of sp³-hybridized carbons (Fsp3) is 0.158. The number of halogens is 1. The maximum absolute atomic E-state index is 13.2. The molecular formula is C19H15FN6OS2. The van der Waals surface area contributed by atoms with Crippen LogP contribution in [-0.2, 0) is 11.3 Å². The van der Waals surface area contributed by atoms with E-state index in [0.717, 1.165) is 22.4 Å². The van der Waals surface area contributed by atoms with Crippen molar-refractivity contribution in [3.8, 4) is 0 Å². The summed E-state index contributed by atoms with van der Waals surface area (Å²) in [5, 5.41) is 12.6. The first-order chi connectivity index (χ1) is 14.2. The van der Waals surface area contributed by atoms with Gasteiger partial charge in [0.05, 0.1) is 16.0 Å². The number of rotatable bonds is 5. The van der Waals surface area contributed by atoms with E-state index in [4.69, 9.17) is 0 Å². The first kappa shape index (κ1) is 18.1. The highest BCUT2D eigenvalue weighted by Gasteiger charge is 2.26. The molecule has 0 saturated carbocycles. The lowest BCUT2D eigenvalue weighted by molar-refractivity contribution is -0.113. The molecule has 0 aliphatic carbocycles. The van der Waals surface area contributed by atoms with Gasteiger partial charge in [-0.15, -0.1) is 10.2 Å². The number of carbonyl (C=O) groups excluding carboxylic acids is 1. The highest BCUT2D eigenvalue weighted by Crippen LogP contribution is 2.32. The van der Waals surface area contributed by atoms with Gasteiger partial charge in [-0.3, -0.25) is 9.36 Å². The molecule has 4 aromatic rings. The van der Waals surface area contributed by atoms with Crippen LogP contribution in [0.15, 0.2) is 53.7 Å². The van der Waals surface area contributed by atoms with Crippen molar-refractivity contribution in [1.29, 1.82) is 0 Å². The largest absolute Gasteiger partial charge is 0.309 e. The molecule has 0 unspecified atom stereocenters. The van der Waals surface area contributed by atoms with Crippen LogP contribution in [0.5, 0.6) is 0 Å². The summed E-state index contributed by atoms with van der Waals surface area (Å²) in [7, 11) is 0. The summed E-state index contributed by atoms with van der Waals surface area (Å²) in [5.41, 5.74) is 1.74. The van der Waals surface area contributed by atoms with Gasteiger partial charge in [0.1, 0.15) is 5.82 Å². The third kappa shape index (κ3) is 3.56. The van der Waals surface area contributed by atoms with Crippen molar-refractivity contribution in [2.24, 2.45) is 0 Å². The van der Waals surface area contributed by atoms with Gasteiger partial charge in [-0.25, -0.2) is 9.37 Å². The normalized spacial score (nSPS) is 13.1. The molecule has 7 nitrogen and oxygen atoms in total. The molecule has 146 valence electrons. The zero-order valence-electron chi connectivity index (χ0n) is 15.1. The van der Waals surface area contributed by atoms with E-state index in [2.05, 4.69) is 20.5 Å². The number of nitrogens with one attached hydrogen (secondary N) is 1. The summed E-state index contributed by atoms with van der Waals surface area (Å²) in [4.78, 5) is 18.7. The number of para-hydroxylation sites is 1. The van der Waals surface area contributed by atoms with Gasteiger partial charge in [-0.1, -0.05) is 35.2 Å². The van der Waals surface area contributed by atoms with Crippen LogP contribution in [0, 0.1) is 5.82 Å². The Morgan fingerprint density at radius 2 is 1.97 bits per heavy atom. The molecule has 3 heterocycles. The predicted octanol–water partition coefficient (Wildman–Crippen LogP) is 3.91. The quantitative estimate of drug-likeness (QED) is 0.488. The lowest BCUT2D eigenvalue weighted by Crippen LogP contribution is -2.14. The zero-order valence-corrected chi connectivity index (χ0v) is 16.7. The molecule has 5 rings (SSSR count). The Labute approximate surface area is 173 Å². The van der Waals surface area contributed by atoms with Crippen LogP contribution in [0.1, 0.15) is 0 Å². The van der Waals surface area contributed by atoms with Crippen molar-refractivity contribution in [1.82, 2.24) is 19.7 Å². The molecule has 1 N–H and O–H groups in total. The van der Waals surface area contributed by atoms with Crippen LogP contribution < -0.4 is 10.2 Å². The summed E-state index contributed by atoms with van der Waals surface area (Å²) < 4.78 is 16.2. The number of anilines is 3. The van der Waals surface area contributed by atoms with Gasteiger partial charge >= 0.3 is 0 Å². The Hall–Kier alpha value is -2.98. The Balaban J connectivity index is 1.24. The summed E-state index contributed by atoms with van der Waals surface area (Å²) in [6.45, 7) is 1.43. The van der Waals surface area contributed by atoms with E-state index < -0.39 is 0 Å². The minimum atomic E-state index is -0.273. The second kappa shape index (κ2) is 7.45. The van der Waals surface area contributed by atoms with Crippen molar-refractivity contribution < 1.29 is 9.18 Å². The number of thioether (sulfide) groups is 1. The lowest BCUT2D eigenvalue weighted by atomic mass is 10.3. The van der Waals surface area contributed by atoms with Gasteiger partial charge in [0, 0.05) is 18.8 Å². The van der Waals surface area contributed by atoms with Crippen molar-refractivity contribution in [2.45, 2.75) is 11.7 Å². The second-order valence-corrected chi connectivity index (χ2v) is 8.36. The number of aromatic nitrogens is 4. The van der Waals surface area contributed by atoms with Crippen molar-refractivity contribution in [2.75, 3.05) is 22.5 Å². The van der Waals surface area contributed by atoms with E-state index in [0.29, 0.717) is 22.8 Å². The van der Waals surface area contributed by atoms with Gasteiger partial charge in [-0.2, -0.15) is 0 Å². The highest BCUT2D eigenvalue weighted by molar-refractivity contribution is 7.99. The molecule has 0 fully saturated rings. The molecule has 10 heteroatoms. The number of fused-ring (bicyclic) bond motifs is 2. The van der Waals surface area contributed by atoms with Gasteiger partial charge in [-0.05, 0) is 36.4 Å². The van der Waals surface area contributed by atoms with Crippen molar-refractivity contribution in [3.05, 3.63) is 54.3 Å². The monoisotopic (exact) mass is 426 g/mol. The summed E-state index contributed by atoms with van der Waals surface area (Å²) >= 11 is 2.78. The van der Waals surface area contributed by atoms with Crippen LogP contribution in [0.2, 0.25) is 0 Å². The first-order valence-corrected chi connectivity index (χ1v) is 10.7. The van der Waals surface area contributed by atoms with E-state index in [9.17, 15) is 9.18 Å². The number of hydrogen-bond acceptors (Lipinski definition) is 7. The Morgan fingerprint density at radius 3 is 2.79 bits per heavy atom. The summed E-state index contributed by atoms with van der Waals surface area (Å²) in [6, 6.07) is 14.1. The smallest absolute Gasteiger partial charge is 0.236 e. The predicted molar refractivity (Wildman–Crippen MR) is 112 cm³/mol. The van der Waals surface area contributed by atoms with Gasteiger partial charge in [0.25, 0.3) is 0 Å². The number of amides is 1. The molecule has 0 radical (unpaired) electrons. The molecule has 2 aromatic heterocycles. The fourth-order valence-electron chi connectivity index (χ4n) is 3.16. The van der Waals surface area contributed by atoms with Crippen LogP contribution in [-0.4, -0.2) is 38.0 Å². The molecule has 0 spiro atoms. The standard InChI is InChI=1S/C19H15FN6OS2/c20-12-5-7-13(8-6-12)25-9-10-26-18(25)23-24-19(26)28-11-16(27)22-17-21-14-3-1-2-4-15(14)29-17/h1-8H,9-11H2,(H,21,22,27). The molecule has 0 atom stereocenters. The maximum atomic E-state index is 13.2. The van der Waals surface area contributed by atoms with E-state index >= 15 is 0 Å². The van der Waals surface area contributed by atoms with Crippen molar-refractivity contribution >= 4 is 56.0 Å². The zero-order chi connectivity index (χ0) is 19.8. The van der Waals surface area contributed by atoms with Crippen LogP contribution >= 0.6 is 23.1 Å². The van der Waals surface area contributed by atoms with Gasteiger partial charge in [0.15, 0.2) is 10.3 Å². The third-order valence-corrected chi connectivity index (χ3v) is 6.42. The molecule has 1 amide bonds. The van der Waals surface area contributed by atoms with E-state index in [1.165, 1.54) is 35.2 Å². The van der Waals surface area contributed by atoms with E-state index in [1.54, 1.807) is 12.1 Å². The molecule has 1 aliphatic rings. The molecule has 2 aromatic carbocycles. The van der Waals surface area contributed by atoms with Gasteiger partial charge in [0.2, 0.25) is 11.9 Å². The number of thiazole rings is 1. The third-order valence-electron chi connectivity index (χ3n) is 4.50. The summed E-state index contributed by atoms with van der Waals surface area (Å²) in [5.74, 6) is 0.500. The lowest BCUT2D eigenvalue weighted by Gasteiger charge is -2.14. The Kier molecular flexibility index (Phi) is 4.64. The second-order valence-electron chi connectivity index (χ2n) is 6.39. The Bertz CT molecular complexity index is 1160. The van der Waals surface area contributed by atoms with E-state index in [1.807, 2.05) is 33.7 Å². The minimum Gasteiger partial charge on any atom is -0.309 e. The number of benzene rings is 2. The summed E-state index contributed by atoms with van der Waals surface area (Å²) in [6.07, 6.45) is 0. The molecule has 0 bridgehead atoms. The first-order valence-electron chi connectivity index (χ1n) is 8.92. The fourth-order valence-corrected chi connectivity index (χ4v) is 4.80. The van der Waals surface area contributed by atoms with Crippen LogP contribution in [0.4, 0.5) is 21.2 Å². The van der Waals surface area contributed by atoms with E-state index in [-0.39, 0.29) is 17.5 Å². The molecule has 1 aliphatic heterocycles.